The third-order valence-corrected chi connectivity index (χ3v) is 4.05. The van der Waals surface area contributed by atoms with E-state index in [1.54, 1.807) is 0 Å². The average molecular weight is 294 g/mol. The van der Waals surface area contributed by atoms with Crippen LogP contribution in [-0.2, 0) is 13.1 Å². The third kappa shape index (κ3) is 5.84. The molecule has 0 atom stereocenters. The van der Waals surface area contributed by atoms with Gasteiger partial charge in [0.05, 0.1) is 6.54 Å². The van der Waals surface area contributed by atoms with Gasteiger partial charge in [0.25, 0.3) is 0 Å². The molecule has 0 bridgehead atoms. The van der Waals surface area contributed by atoms with E-state index in [0.29, 0.717) is 12.0 Å². The van der Waals surface area contributed by atoms with E-state index < -0.39 is 0 Å². The molecule has 0 radical (unpaired) electrons. The second-order valence-electron chi connectivity index (χ2n) is 6.37. The van der Waals surface area contributed by atoms with Crippen molar-refractivity contribution in [2.75, 3.05) is 13.1 Å². The van der Waals surface area contributed by atoms with Crippen LogP contribution in [0.1, 0.15) is 64.5 Å². The van der Waals surface area contributed by atoms with Crippen molar-refractivity contribution in [3.8, 4) is 0 Å². The molecule has 0 aliphatic rings. The van der Waals surface area contributed by atoms with Crippen LogP contribution in [0.15, 0.2) is 10.5 Å². The van der Waals surface area contributed by atoms with Gasteiger partial charge in [-0.15, -0.1) is 0 Å². The fourth-order valence-corrected chi connectivity index (χ4v) is 2.92. The molecule has 3 nitrogen and oxygen atoms in total. The van der Waals surface area contributed by atoms with E-state index in [4.69, 9.17) is 4.42 Å². The number of aryl methyl sites for hydroxylation is 1. The Morgan fingerprint density at radius 1 is 1.19 bits per heavy atom. The van der Waals surface area contributed by atoms with Gasteiger partial charge in [0.2, 0.25) is 0 Å². The Balaban J connectivity index is 2.79. The van der Waals surface area contributed by atoms with Crippen molar-refractivity contribution in [1.29, 1.82) is 0 Å². The highest BCUT2D eigenvalue weighted by atomic mass is 16.3. The number of hydrogen-bond acceptors (Lipinski definition) is 3. The van der Waals surface area contributed by atoms with Gasteiger partial charge < -0.3 is 9.73 Å². The molecule has 0 aliphatic heterocycles. The van der Waals surface area contributed by atoms with Gasteiger partial charge in [-0.3, -0.25) is 4.90 Å². The third-order valence-electron chi connectivity index (χ3n) is 4.05. The van der Waals surface area contributed by atoms with Gasteiger partial charge >= 0.3 is 0 Å². The summed E-state index contributed by atoms with van der Waals surface area (Å²) in [6, 6.07) is 2.90. The van der Waals surface area contributed by atoms with Gasteiger partial charge in [0.1, 0.15) is 11.5 Å². The summed E-state index contributed by atoms with van der Waals surface area (Å²) in [6.45, 7) is 17.3. The predicted octanol–water partition coefficient (Wildman–Crippen LogP) is 4.34. The Morgan fingerprint density at radius 2 is 1.86 bits per heavy atom. The van der Waals surface area contributed by atoms with Gasteiger partial charge in [-0.2, -0.15) is 0 Å². The first-order chi connectivity index (χ1) is 10.0. The maximum Gasteiger partial charge on any atom is 0.118 e. The molecular weight excluding hydrogens is 260 g/mol. The topological polar surface area (TPSA) is 28.4 Å². The van der Waals surface area contributed by atoms with Crippen molar-refractivity contribution in [2.24, 2.45) is 5.92 Å². The second kappa shape index (κ2) is 9.26. The van der Waals surface area contributed by atoms with Crippen molar-refractivity contribution in [3.05, 3.63) is 23.2 Å². The van der Waals surface area contributed by atoms with Crippen LogP contribution in [0.5, 0.6) is 0 Å². The van der Waals surface area contributed by atoms with Crippen LogP contribution in [-0.4, -0.2) is 24.0 Å². The predicted molar refractivity (Wildman–Crippen MR) is 90.4 cm³/mol. The summed E-state index contributed by atoms with van der Waals surface area (Å²) in [5, 5.41) is 3.33. The number of nitrogens with zero attached hydrogens (tertiary/aromatic N) is 1. The summed E-state index contributed by atoms with van der Waals surface area (Å²) in [4.78, 5) is 2.62. The van der Waals surface area contributed by atoms with Crippen molar-refractivity contribution < 1.29 is 4.42 Å². The molecule has 0 aromatic carbocycles. The molecule has 1 aromatic heterocycles. The van der Waals surface area contributed by atoms with Gasteiger partial charge in [-0.25, -0.2) is 0 Å². The summed E-state index contributed by atoms with van der Waals surface area (Å²) in [5.74, 6) is 2.82. The molecule has 1 aromatic rings. The Kier molecular flexibility index (Phi) is 8.05. The van der Waals surface area contributed by atoms with E-state index in [1.807, 2.05) is 0 Å². The average Bonchev–Trinajstić information content (AvgIpc) is 2.77. The monoisotopic (exact) mass is 294 g/mol. The number of rotatable bonds is 10. The van der Waals surface area contributed by atoms with Crippen LogP contribution in [0.2, 0.25) is 0 Å². The minimum Gasteiger partial charge on any atom is -0.465 e. The van der Waals surface area contributed by atoms with Crippen LogP contribution in [0.3, 0.4) is 0 Å². The minimum atomic E-state index is 0.666. The standard InChI is InChI=1S/C18H34N2O/c1-7-17(8-2)20(12-14(4)5)13-16-10-18(11-19-9-3)21-15(16)6/h10,14,17,19H,7-9,11-13H2,1-6H3. The van der Waals surface area contributed by atoms with Gasteiger partial charge in [-0.1, -0.05) is 34.6 Å². The zero-order chi connectivity index (χ0) is 15.8. The maximum absolute atomic E-state index is 5.88. The lowest BCUT2D eigenvalue weighted by molar-refractivity contribution is 0.156. The van der Waals surface area contributed by atoms with Crippen LogP contribution in [0.4, 0.5) is 0 Å². The summed E-state index contributed by atoms with van der Waals surface area (Å²) in [6.07, 6.45) is 2.43. The van der Waals surface area contributed by atoms with Crippen LogP contribution in [0, 0.1) is 12.8 Å². The van der Waals surface area contributed by atoms with E-state index in [2.05, 4.69) is 57.8 Å². The van der Waals surface area contributed by atoms with Crippen molar-refractivity contribution in [1.82, 2.24) is 10.2 Å². The molecule has 3 heteroatoms. The summed E-state index contributed by atoms with van der Waals surface area (Å²) < 4.78 is 5.88. The summed E-state index contributed by atoms with van der Waals surface area (Å²) >= 11 is 0. The van der Waals surface area contributed by atoms with Crippen LogP contribution >= 0.6 is 0 Å². The van der Waals surface area contributed by atoms with Gasteiger partial charge in [0.15, 0.2) is 0 Å². The van der Waals surface area contributed by atoms with Crippen LogP contribution < -0.4 is 5.32 Å². The highest BCUT2D eigenvalue weighted by Crippen LogP contribution is 2.21. The molecule has 122 valence electrons. The summed E-state index contributed by atoms with van der Waals surface area (Å²) in [7, 11) is 0. The minimum absolute atomic E-state index is 0.666. The van der Waals surface area contributed by atoms with E-state index in [9.17, 15) is 0 Å². The number of furan rings is 1. The van der Waals surface area contributed by atoms with Crippen molar-refractivity contribution >= 4 is 0 Å². The first-order valence-electron chi connectivity index (χ1n) is 8.54. The SMILES string of the molecule is CCNCc1cc(CN(CC(C)C)C(CC)CC)c(C)o1. The Morgan fingerprint density at radius 3 is 2.38 bits per heavy atom. The fourth-order valence-electron chi connectivity index (χ4n) is 2.92. The highest BCUT2D eigenvalue weighted by Gasteiger charge is 2.19. The van der Waals surface area contributed by atoms with Gasteiger partial charge in [-0.05, 0) is 38.3 Å². The zero-order valence-electron chi connectivity index (χ0n) is 14.8. The van der Waals surface area contributed by atoms with Crippen molar-refractivity contribution in [3.63, 3.8) is 0 Å². The normalized spacial score (nSPS) is 12.0. The summed E-state index contributed by atoms with van der Waals surface area (Å²) in [5.41, 5.74) is 1.34. The fraction of sp³-hybridized carbons (Fsp3) is 0.778. The molecule has 0 saturated heterocycles. The smallest absolute Gasteiger partial charge is 0.118 e. The molecule has 0 spiro atoms. The maximum atomic E-state index is 5.88. The lowest BCUT2D eigenvalue weighted by Gasteiger charge is -2.31. The zero-order valence-corrected chi connectivity index (χ0v) is 14.8. The Hall–Kier alpha value is -0.800. The van der Waals surface area contributed by atoms with Crippen LogP contribution in [0.25, 0.3) is 0 Å². The quantitative estimate of drug-likeness (QED) is 0.695. The lowest BCUT2D eigenvalue weighted by Crippen LogP contribution is -2.36. The van der Waals surface area contributed by atoms with E-state index in [0.717, 1.165) is 37.7 Å². The Labute approximate surface area is 131 Å². The Bertz CT molecular complexity index is 394. The molecular formula is C18H34N2O. The molecule has 1 N–H and O–H groups in total. The molecule has 0 saturated carbocycles. The number of nitrogens with one attached hydrogen (secondary N) is 1. The largest absolute Gasteiger partial charge is 0.465 e. The molecule has 0 amide bonds. The second-order valence-corrected chi connectivity index (χ2v) is 6.37. The van der Waals surface area contributed by atoms with E-state index in [1.165, 1.54) is 18.4 Å². The highest BCUT2D eigenvalue weighted by molar-refractivity contribution is 5.21. The lowest BCUT2D eigenvalue weighted by atomic mass is 10.1. The van der Waals surface area contributed by atoms with E-state index in [-0.39, 0.29) is 0 Å². The molecule has 1 heterocycles. The molecule has 1 rings (SSSR count). The van der Waals surface area contributed by atoms with Crippen molar-refractivity contribution in [2.45, 2.75) is 73.5 Å². The van der Waals surface area contributed by atoms with Gasteiger partial charge in [0, 0.05) is 24.7 Å². The first-order valence-corrected chi connectivity index (χ1v) is 8.54. The molecule has 0 unspecified atom stereocenters. The molecule has 0 fully saturated rings. The molecule has 21 heavy (non-hydrogen) atoms. The number of hydrogen-bond donors (Lipinski definition) is 1. The van der Waals surface area contributed by atoms with E-state index >= 15 is 0 Å². The molecule has 0 aliphatic carbocycles. The first kappa shape index (κ1) is 18.2.